The van der Waals surface area contributed by atoms with Gasteiger partial charge in [0, 0.05) is 34.8 Å². The van der Waals surface area contributed by atoms with E-state index in [1.165, 1.54) is 5.69 Å². The number of rotatable bonds is 2. The second-order valence-corrected chi connectivity index (χ2v) is 8.22. The van der Waals surface area contributed by atoms with E-state index in [1.54, 1.807) is 12.3 Å². The summed E-state index contributed by atoms with van der Waals surface area (Å²) in [6.45, 7) is 2.11. The lowest BCUT2D eigenvalue weighted by Gasteiger charge is -2.27. The number of aromatic hydroxyl groups is 1. The van der Waals surface area contributed by atoms with Crippen LogP contribution in [0.3, 0.4) is 0 Å². The van der Waals surface area contributed by atoms with Gasteiger partial charge in [-0.3, -0.25) is 4.98 Å². The maximum absolute atomic E-state index is 10.7. The van der Waals surface area contributed by atoms with Crippen molar-refractivity contribution in [1.29, 1.82) is 0 Å². The zero-order chi connectivity index (χ0) is 19.5. The molecule has 0 spiro atoms. The summed E-state index contributed by atoms with van der Waals surface area (Å²) in [6.07, 6.45) is 5.92. The molecule has 1 aromatic carbocycles. The number of hydrogen-bond acceptors (Lipinski definition) is 5. The van der Waals surface area contributed by atoms with Crippen molar-refractivity contribution in [2.75, 3.05) is 18.0 Å². The first kappa shape index (κ1) is 17.1. The first-order chi connectivity index (χ1) is 14.2. The van der Waals surface area contributed by atoms with Crippen LogP contribution in [0.4, 0.5) is 5.69 Å². The SMILES string of the molecule is Oc1[nH]c2cnc(Cl)cc2c1-c1ncc(N2CCC3NCCC32)c2ccccc12. The van der Waals surface area contributed by atoms with Gasteiger partial charge in [-0.05, 0) is 25.5 Å². The lowest BCUT2D eigenvalue weighted by molar-refractivity contribution is 0.460. The standard InChI is InChI=1S/C22H20ClN5O/c23-19-9-14-16(10-25-19)27-22(29)20(14)21-13-4-2-1-3-12(13)18(11-26-21)28-8-6-15-17(28)5-7-24-15/h1-4,9-11,15,17,24,27,29H,5-8H2. The minimum absolute atomic E-state index is 0.0794. The monoisotopic (exact) mass is 405 g/mol. The fourth-order valence-corrected chi connectivity index (χ4v) is 5.22. The van der Waals surface area contributed by atoms with E-state index < -0.39 is 0 Å². The van der Waals surface area contributed by atoms with E-state index in [0.717, 1.165) is 53.3 Å². The van der Waals surface area contributed by atoms with Crippen molar-refractivity contribution in [3.05, 3.63) is 47.9 Å². The molecule has 29 heavy (non-hydrogen) atoms. The van der Waals surface area contributed by atoms with Crippen LogP contribution in [-0.2, 0) is 0 Å². The van der Waals surface area contributed by atoms with Gasteiger partial charge in [-0.25, -0.2) is 4.98 Å². The lowest BCUT2D eigenvalue weighted by Crippen LogP contribution is -2.34. The van der Waals surface area contributed by atoms with Gasteiger partial charge in [0.05, 0.1) is 34.9 Å². The van der Waals surface area contributed by atoms with E-state index in [-0.39, 0.29) is 5.88 Å². The summed E-state index contributed by atoms with van der Waals surface area (Å²) in [5.74, 6) is 0.0794. The molecule has 3 aromatic heterocycles. The van der Waals surface area contributed by atoms with Gasteiger partial charge in [0.1, 0.15) is 5.15 Å². The van der Waals surface area contributed by atoms with E-state index in [4.69, 9.17) is 16.6 Å². The van der Waals surface area contributed by atoms with Crippen molar-refractivity contribution >= 4 is 39.0 Å². The number of aromatic amines is 1. The van der Waals surface area contributed by atoms with Crippen LogP contribution in [0.2, 0.25) is 5.15 Å². The van der Waals surface area contributed by atoms with Gasteiger partial charge in [-0.15, -0.1) is 0 Å². The molecule has 5 heterocycles. The maximum Gasteiger partial charge on any atom is 0.199 e. The lowest BCUT2D eigenvalue weighted by atomic mass is 10.0. The first-order valence-corrected chi connectivity index (χ1v) is 10.3. The van der Waals surface area contributed by atoms with Crippen molar-refractivity contribution in [2.24, 2.45) is 0 Å². The van der Waals surface area contributed by atoms with Gasteiger partial charge in [-0.1, -0.05) is 35.9 Å². The summed E-state index contributed by atoms with van der Waals surface area (Å²) < 4.78 is 0. The summed E-state index contributed by atoms with van der Waals surface area (Å²) in [5.41, 5.74) is 3.31. The Kier molecular flexibility index (Phi) is 3.73. The van der Waals surface area contributed by atoms with E-state index in [1.807, 2.05) is 12.3 Å². The zero-order valence-electron chi connectivity index (χ0n) is 15.7. The van der Waals surface area contributed by atoms with E-state index in [9.17, 15) is 5.11 Å². The van der Waals surface area contributed by atoms with Gasteiger partial charge in [-0.2, -0.15) is 0 Å². The molecule has 0 bridgehead atoms. The van der Waals surface area contributed by atoms with Crippen molar-refractivity contribution in [3.63, 3.8) is 0 Å². The first-order valence-electron chi connectivity index (χ1n) is 9.95. The third-order valence-electron chi connectivity index (χ3n) is 6.34. The summed E-state index contributed by atoms with van der Waals surface area (Å²) in [4.78, 5) is 14.4. The Balaban J connectivity index is 1.57. The molecule has 7 heteroatoms. The fraction of sp³-hybridized carbons (Fsp3) is 0.273. The Morgan fingerprint density at radius 2 is 1.93 bits per heavy atom. The molecule has 3 N–H and O–H groups in total. The average Bonchev–Trinajstić information content (AvgIpc) is 3.41. The predicted octanol–water partition coefficient (Wildman–Crippen LogP) is 4.08. The molecule has 0 radical (unpaired) electrons. The maximum atomic E-state index is 10.7. The van der Waals surface area contributed by atoms with E-state index in [2.05, 4.69) is 38.4 Å². The normalized spacial score (nSPS) is 21.3. The summed E-state index contributed by atoms with van der Waals surface area (Å²) in [7, 11) is 0. The Hall–Kier alpha value is -2.83. The third kappa shape index (κ3) is 2.52. The highest BCUT2D eigenvalue weighted by Gasteiger charge is 2.38. The van der Waals surface area contributed by atoms with Gasteiger partial charge in [0.25, 0.3) is 0 Å². The second kappa shape index (κ2) is 6.34. The molecule has 6 nitrogen and oxygen atoms in total. The minimum Gasteiger partial charge on any atom is -0.494 e. The number of hydrogen-bond donors (Lipinski definition) is 3. The van der Waals surface area contributed by atoms with Crippen molar-refractivity contribution in [3.8, 4) is 17.1 Å². The summed E-state index contributed by atoms with van der Waals surface area (Å²) in [5, 5.41) is 17.6. The number of halogens is 1. The van der Waals surface area contributed by atoms with Gasteiger partial charge in [0.15, 0.2) is 5.88 Å². The third-order valence-corrected chi connectivity index (χ3v) is 6.55. The van der Waals surface area contributed by atoms with Crippen LogP contribution in [0.5, 0.6) is 5.88 Å². The fourth-order valence-electron chi connectivity index (χ4n) is 5.06. The van der Waals surface area contributed by atoms with Crippen LogP contribution < -0.4 is 10.2 Å². The molecule has 2 atom stereocenters. The number of anilines is 1. The average molecular weight is 406 g/mol. The highest BCUT2D eigenvalue weighted by atomic mass is 35.5. The molecule has 0 aliphatic carbocycles. The van der Waals surface area contributed by atoms with Crippen LogP contribution >= 0.6 is 11.6 Å². The molecule has 2 fully saturated rings. The van der Waals surface area contributed by atoms with E-state index >= 15 is 0 Å². The van der Waals surface area contributed by atoms with Crippen LogP contribution in [0, 0.1) is 0 Å². The Labute approximate surface area is 172 Å². The smallest absolute Gasteiger partial charge is 0.199 e. The predicted molar refractivity (Wildman–Crippen MR) is 116 cm³/mol. The summed E-state index contributed by atoms with van der Waals surface area (Å²) >= 11 is 6.13. The molecule has 0 amide bonds. The molecule has 4 aromatic rings. The Bertz CT molecular complexity index is 1250. The van der Waals surface area contributed by atoms with Gasteiger partial charge >= 0.3 is 0 Å². The molecule has 2 saturated heterocycles. The molecule has 2 aliphatic rings. The zero-order valence-corrected chi connectivity index (χ0v) is 16.4. The second-order valence-electron chi connectivity index (χ2n) is 7.84. The van der Waals surface area contributed by atoms with Crippen LogP contribution in [0.15, 0.2) is 42.7 Å². The largest absolute Gasteiger partial charge is 0.494 e. The highest BCUT2D eigenvalue weighted by Crippen LogP contribution is 2.42. The van der Waals surface area contributed by atoms with Crippen LogP contribution in [-0.4, -0.2) is 45.2 Å². The number of benzene rings is 1. The number of nitrogens with one attached hydrogen (secondary N) is 2. The topological polar surface area (TPSA) is 77.1 Å². The number of nitrogens with zero attached hydrogens (tertiary/aromatic N) is 3. The highest BCUT2D eigenvalue weighted by molar-refractivity contribution is 6.30. The molecular formula is C22H20ClN5O. The summed E-state index contributed by atoms with van der Waals surface area (Å²) in [6, 6.07) is 11.2. The quantitative estimate of drug-likeness (QED) is 0.438. The minimum atomic E-state index is 0.0794. The molecule has 6 rings (SSSR count). The molecule has 2 aliphatic heterocycles. The number of H-pyrrole nitrogens is 1. The van der Waals surface area contributed by atoms with Gasteiger partial charge in [0.2, 0.25) is 0 Å². The number of fused-ring (bicyclic) bond motifs is 3. The molecule has 2 unspecified atom stereocenters. The van der Waals surface area contributed by atoms with Crippen molar-refractivity contribution in [2.45, 2.75) is 24.9 Å². The Morgan fingerprint density at radius 3 is 2.83 bits per heavy atom. The van der Waals surface area contributed by atoms with Crippen LogP contribution in [0.1, 0.15) is 12.8 Å². The van der Waals surface area contributed by atoms with E-state index in [0.29, 0.717) is 22.8 Å². The number of aromatic nitrogens is 3. The molecular weight excluding hydrogens is 386 g/mol. The number of pyridine rings is 2. The van der Waals surface area contributed by atoms with Crippen LogP contribution in [0.25, 0.3) is 32.9 Å². The molecule has 0 saturated carbocycles. The van der Waals surface area contributed by atoms with Crippen molar-refractivity contribution in [1.82, 2.24) is 20.3 Å². The van der Waals surface area contributed by atoms with Gasteiger partial charge < -0.3 is 20.3 Å². The van der Waals surface area contributed by atoms with Crippen molar-refractivity contribution < 1.29 is 5.11 Å². The molecule has 146 valence electrons. The Morgan fingerprint density at radius 1 is 1.07 bits per heavy atom.